The molecule has 1 N–H and O–H groups in total. The number of benzene rings is 3. The first-order chi connectivity index (χ1) is 16.1. The van der Waals surface area contributed by atoms with E-state index in [1.54, 1.807) is 43.5 Å². The summed E-state index contributed by atoms with van der Waals surface area (Å²) in [6.45, 7) is 4.01. The van der Waals surface area contributed by atoms with Crippen LogP contribution in [0.2, 0.25) is 0 Å². The second-order valence-electron chi connectivity index (χ2n) is 7.25. The van der Waals surface area contributed by atoms with E-state index in [2.05, 4.69) is 17.1 Å². The highest BCUT2D eigenvalue weighted by atomic mass is 16.5. The highest BCUT2D eigenvalue weighted by Gasteiger charge is 2.12. The molecule has 0 atom stereocenters. The van der Waals surface area contributed by atoms with Crippen molar-refractivity contribution in [3.05, 3.63) is 95.2 Å². The Kier molecular flexibility index (Phi) is 6.50. The van der Waals surface area contributed by atoms with Gasteiger partial charge >= 0.3 is 0 Å². The van der Waals surface area contributed by atoms with E-state index in [1.807, 2.05) is 41.0 Å². The number of nitrogens with one attached hydrogen (secondary N) is 1. The Bertz CT molecular complexity index is 1360. The molecular formula is C26H23N3O4. The summed E-state index contributed by atoms with van der Waals surface area (Å²) in [5.41, 5.74) is 4.63. The van der Waals surface area contributed by atoms with E-state index in [4.69, 9.17) is 9.47 Å². The van der Waals surface area contributed by atoms with Crippen LogP contribution in [0.1, 0.15) is 5.56 Å². The van der Waals surface area contributed by atoms with Gasteiger partial charge in [-0.3, -0.25) is 9.59 Å². The van der Waals surface area contributed by atoms with Crippen LogP contribution in [-0.2, 0) is 11.3 Å². The normalized spacial score (nSPS) is 11.1. The zero-order valence-corrected chi connectivity index (χ0v) is 18.2. The number of carbonyl (C=O) groups excluding carboxylic acids is 1. The van der Waals surface area contributed by atoms with Crippen molar-refractivity contribution >= 4 is 33.9 Å². The average Bonchev–Trinajstić information content (AvgIpc) is 2.85. The summed E-state index contributed by atoms with van der Waals surface area (Å²) in [7, 11) is 1.55. The van der Waals surface area contributed by atoms with Crippen molar-refractivity contribution in [2.75, 3.05) is 13.7 Å². The molecule has 7 heteroatoms. The third-order valence-electron chi connectivity index (χ3n) is 5.13. The SMILES string of the molecule is C=CCOc1ccc(/C=N/NC(=O)Cn2c3ccccc3c(=O)c3ccccc32)cc1OC. The Morgan fingerprint density at radius 3 is 2.33 bits per heavy atom. The second-order valence-corrected chi connectivity index (χ2v) is 7.25. The minimum absolute atomic E-state index is 0.0102. The Labute approximate surface area is 190 Å². The molecule has 0 saturated carbocycles. The summed E-state index contributed by atoms with van der Waals surface area (Å²) in [5, 5.41) is 5.21. The summed E-state index contributed by atoms with van der Waals surface area (Å²) in [6.07, 6.45) is 3.18. The number of aromatic nitrogens is 1. The lowest BCUT2D eigenvalue weighted by Gasteiger charge is -2.14. The van der Waals surface area contributed by atoms with Crippen LogP contribution >= 0.6 is 0 Å². The first-order valence-electron chi connectivity index (χ1n) is 10.4. The number of pyridine rings is 1. The van der Waals surface area contributed by atoms with Crippen molar-refractivity contribution in [2.24, 2.45) is 5.10 Å². The zero-order chi connectivity index (χ0) is 23.2. The third-order valence-corrected chi connectivity index (χ3v) is 5.13. The molecule has 1 aromatic heterocycles. The maximum Gasteiger partial charge on any atom is 0.260 e. The molecule has 0 aliphatic carbocycles. The highest BCUT2D eigenvalue weighted by molar-refractivity contribution is 5.95. The first-order valence-corrected chi connectivity index (χ1v) is 10.4. The molecular weight excluding hydrogens is 418 g/mol. The Morgan fingerprint density at radius 2 is 1.70 bits per heavy atom. The number of hydrogen-bond acceptors (Lipinski definition) is 5. The van der Waals surface area contributed by atoms with E-state index >= 15 is 0 Å². The molecule has 3 aromatic carbocycles. The van der Waals surface area contributed by atoms with Crippen LogP contribution in [0.3, 0.4) is 0 Å². The number of fused-ring (bicyclic) bond motifs is 2. The van der Waals surface area contributed by atoms with Crippen molar-refractivity contribution in [1.82, 2.24) is 9.99 Å². The Morgan fingerprint density at radius 1 is 1.03 bits per heavy atom. The van der Waals surface area contributed by atoms with Gasteiger partial charge in [0.15, 0.2) is 16.9 Å². The number of carbonyl (C=O) groups is 1. The topological polar surface area (TPSA) is 81.9 Å². The van der Waals surface area contributed by atoms with Crippen LogP contribution in [-0.4, -0.2) is 30.4 Å². The number of para-hydroxylation sites is 2. The van der Waals surface area contributed by atoms with Gasteiger partial charge < -0.3 is 14.0 Å². The van der Waals surface area contributed by atoms with Crippen LogP contribution in [0.25, 0.3) is 21.8 Å². The molecule has 0 aliphatic rings. The standard InChI is InChI=1S/C26H23N3O4/c1-3-14-33-23-13-12-18(15-24(23)32-2)16-27-28-25(30)17-29-21-10-6-4-8-19(21)26(31)20-9-5-7-11-22(20)29/h3-13,15-16H,1,14,17H2,2H3,(H,28,30)/b27-16+. The van der Waals surface area contributed by atoms with Gasteiger partial charge in [0.05, 0.1) is 24.4 Å². The minimum Gasteiger partial charge on any atom is -0.493 e. The maximum atomic E-state index is 12.8. The molecule has 0 unspecified atom stereocenters. The summed E-state index contributed by atoms with van der Waals surface area (Å²) in [6, 6.07) is 19.9. The molecule has 7 nitrogen and oxygen atoms in total. The molecule has 1 heterocycles. The monoisotopic (exact) mass is 441 g/mol. The summed E-state index contributed by atoms with van der Waals surface area (Å²) < 4.78 is 12.7. The van der Waals surface area contributed by atoms with E-state index in [0.717, 1.165) is 5.56 Å². The first kappa shape index (κ1) is 21.8. The van der Waals surface area contributed by atoms with Gasteiger partial charge in [0.25, 0.3) is 5.91 Å². The predicted octanol–water partition coefficient (Wildman–Crippen LogP) is 3.88. The van der Waals surface area contributed by atoms with Crippen LogP contribution < -0.4 is 20.3 Å². The van der Waals surface area contributed by atoms with Crippen LogP contribution in [0.5, 0.6) is 11.5 Å². The number of amides is 1. The number of hydrogen-bond donors (Lipinski definition) is 1. The molecule has 1 amide bonds. The quantitative estimate of drug-likeness (QED) is 0.195. The largest absolute Gasteiger partial charge is 0.493 e. The molecule has 33 heavy (non-hydrogen) atoms. The molecule has 4 rings (SSSR count). The number of methoxy groups -OCH3 is 1. The zero-order valence-electron chi connectivity index (χ0n) is 18.2. The summed E-state index contributed by atoms with van der Waals surface area (Å²) in [4.78, 5) is 25.5. The van der Waals surface area contributed by atoms with Crippen LogP contribution in [0.15, 0.2) is 89.3 Å². The molecule has 0 spiro atoms. The van der Waals surface area contributed by atoms with Gasteiger partial charge in [-0.1, -0.05) is 36.9 Å². The van der Waals surface area contributed by atoms with Gasteiger partial charge in [-0.2, -0.15) is 5.10 Å². The van der Waals surface area contributed by atoms with Crippen molar-refractivity contribution in [2.45, 2.75) is 6.54 Å². The summed E-state index contributed by atoms with van der Waals surface area (Å²) >= 11 is 0. The average molecular weight is 441 g/mol. The fourth-order valence-corrected chi connectivity index (χ4v) is 3.64. The van der Waals surface area contributed by atoms with Gasteiger partial charge in [-0.15, -0.1) is 0 Å². The highest BCUT2D eigenvalue weighted by Crippen LogP contribution is 2.27. The number of rotatable bonds is 8. The lowest BCUT2D eigenvalue weighted by atomic mass is 10.1. The van der Waals surface area contributed by atoms with E-state index in [1.165, 1.54) is 6.21 Å². The van der Waals surface area contributed by atoms with E-state index in [9.17, 15) is 9.59 Å². The van der Waals surface area contributed by atoms with Crippen molar-refractivity contribution in [3.8, 4) is 11.5 Å². The van der Waals surface area contributed by atoms with Crippen molar-refractivity contribution < 1.29 is 14.3 Å². The molecule has 4 aromatic rings. The summed E-state index contributed by atoms with van der Waals surface area (Å²) in [5.74, 6) is 0.831. The van der Waals surface area contributed by atoms with Crippen LogP contribution in [0, 0.1) is 0 Å². The van der Waals surface area contributed by atoms with Gasteiger partial charge in [-0.25, -0.2) is 5.43 Å². The number of nitrogens with zero attached hydrogens (tertiary/aromatic N) is 2. The second kappa shape index (κ2) is 9.82. The van der Waals surface area contributed by atoms with E-state index in [-0.39, 0.29) is 17.9 Å². The minimum atomic E-state index is -0.317. The van der Waals surface area contributed by atoms with Crippen molar-refractivity contribution in [3.63, 3.8) is 0 Å². The van der Waals surface area contributed by atoms with Gasteiger partial charge in [0.1, 0.15) is 13.2 Å². The molecule has 0 fully saturated rings. The fourth-order valence-electron chi connectivity index (χ4n) is 3.64. The molecule has 166 valence electrons. The van der Waals surface area contributed by atoms with Crippen molar-refractivity contribution in [1.29, 1.82) is 0 Å². The lowest BCUT2D eigenvalue weighted by molar-refractivity contribution is -0.121. The van der Waals surface area contributed by atoms with E-state index < -0.39 is 0 Å². The fraction of sp³-hybridized carbons (Fsp3) is 0.115. The number of hydrazone groups is 1. The van der Waals surface area contributed by atoms with Gasteiger partial charge in [0, 0.05) is 10.8 Å². The third kappa shape index (κ3) is 4.62. The van der Waals surface area contributed by atoms with Gasteiger partial charge in [-0.05, 0) is 48.0 Å². The number of ether oxygens (including phenoxy) is 2. The molecule has 0 aliphatic heterocycles. The predicted molar refractivity (Wildman–Crippen MR) is 130 cm³/mol. The Hall–Kier alpha value is -4.39. The molecule has 0 bridgehead atoms. The van der Waals surface area contributed by atoms with E-state index in [0.29, 0.717) is 39.9 Å². The molecule has 0 saturated heterocycles. The van der Waals surface area contributed by atoms with Gasteiger partial charge in [0.2, 0.25) is 0 Å². The lowest BCUT2D eigenvalue weighted by Crippen LogP contribution is -2.25. The smallest absolute Gasteiger partial charge is 0.260 e. The maximum absolute atomic E-state index is 12.8. The molecule has 0 radical (unpaired) electrons. The van der Waals surface area contributed by atoms with Crippen LogP contribution in [0.4, 0.5) is 0 Å². The Balaban J connectivity index is 1.55.